The van der Waals surface area contributed by atoms with E-state index in [-0.39, 0.29) is 30.1 Å². The normalized spacial score (nSPS) is 19.7. The van der Waals surface area contributed by atoms with Gasteiger partial charge in [-0.05, 0) is 31.0 Å². The van der Waals surface area contributed by atoms with Crippen LogP contribution in [-0.4, -0.2) is 57.5 Å². The smallest absolute Gasteiger partial charge is 0.260 e. The van der Waals surface area contributed by atoms with Gasteiger partial charge in [-0.1, -0.05) is 6.07 Å². The third-order valence-electron chi connectivity index (χ3n) is 3.82. The molecule has 22 heavy (non-hydrogen) atoms. The maximum atomic E-state index is 12.1. The van der Waals surface area contributed by atoms with E-state index in [1.807, 2.05) is 19.1 Å². The Morgan fingerprint density at radius 3 is 2.68 bits per heavy atom. The molecule has 1 aliphatic rings. The zero-order chi connectivity index (χ0) is 16.3. The first-order chi connectivity index (χ1) is 10.3. The van der Waals surface area contributed by atoms with Crippen molar-refractivity contribution in [2.24, 2.45) is 0 Å². The lowest BCUT2D eigenvalue weighted by Crippen LogP contribution is -2.40. The van der Waals surface area contributed by atoms with Crippen molar-refractivity contribution in [2.45, 2.75) is 19.4 Å². The average Bonchev–Trinajstić information content (AvgIpc) is 2.84. The highest BCUT2D eigenvalue weighted by Gasteiger charge is 2.32. The Morgan fingerprint density at radius 1 is 1.36 bits per heavy atom. The van der Waals surface area contributed by atoms with Crippen molar-refractivity contribution in [3.8, 4) is 11.5 Å². The minimum absolute atomic E-state index is 0.0308. The number of benzene rings is 1. The standard InChI is InChI=1S/C15H21NO5S/c1-11-4-5-13(14(8-11)20-3)21-9-15(17)16(2)12-6-7-22(18,19)10-12/h4-5,8,12H,6-7,9-10H2,1-3H3/t12-/m0/s1. The third kappa shape index (κ3) is 3.91. The molecule has 0 aromatic heterocycles. The number of aryl methyl sites for hydroxylation is 1. The molecular weight excluding hydrogens is 306 g/mol. The highest BCUT2D eigenvalue weighted by Crippen LogP contribution is 2.27. The lowest BCUT2D eigenvalue weighted by Gasteiger charge is -2.23. The molecule has 7 heteroatoms. The number of likely N-dealkylation sites (N-methyl/N-ethyl adjacent to an activating group) is 1. The number of rotatable bonds is 5. The number of carbonyl (C=O) groups is 1. The number of ether oxygens (including phenoxy) is 2. The first-order valence-corrected chi connectivity index (χ1v) is 8.88. The van der Waals surface area contributed by atoms with E-state index in [2.05, 4.69) is 0 Å². The van der Waals surface area contributed by atoms with Crippen molar-refractivity contribution in [1.82, 2.24) is 4.90 Å². The highest BCUT2D eigenvalue weighted by molar-refractivity contribution is 7.91. The van der Waals surface area contributed by atoms with Gasteiger partial charge < -0.3 is 14.4 Å². The summed E-state index contributed by atoms with van der Waals surface area (Å²) in [6.07, 6.45) is 0.485. The number of hydrogen-bond acceptors (Lipinski definition) is 5. The van der Waals surface area contributed by atoms with Gasteiger partial charge in [-0.15, -0.1) is 0 Å². The molecule has 0 radical (unpaired) electrons. The fourth-order valence-corrected chi connectivity index (χ4v) is 4.19. The molecule has 122 valence electrons. The lowest BCUT2D eigenvalue weighted by molar-refractivity contribution is -0.133. The minimum atomic E-state index is -3.01. The van der Waals surface area contributed by atoms with Gasteiger partial charge in [0, 0.05) is 13.1 Å². The van der Waals surface area contributed by atoms with Crippen molar-refractivity contribution in [3.05, 3.63) is 23.8 Å². The molecule has 1 aromatic carbocycles. The van der Waals surface area contributed by atoms with E-state index in [0.717, 1.165) is 5.56 Å². The maximum absolute atomic E-state index is 12.1. The number of carbonyl (C=O) groups excluding carboxylic acids is 1. The molecule has 0 aliphatic carbocycles. The Bertz CT molecular complexity index is 656. The lowest BCUT2D eigenvalue weighted by atomic mass is 10.2. The molecule has 0 bridgehead atoms. The minimum Gasteiger partial charge on any atom is -0.493 e. The number of nitrogens with zero attached hydrogens (tertiary/aromatic N) is 1. The fourth-order valence-electron chi connectivity index (χ4n) is 2.42. The van der Waals surface area contributed by atoms with E-state index in [0.29, 0.717) is 17.9 Å². The van der Waals surface area contributed by atoms with Crippen molar-refractivity contribution in [2.75, 3.05) is 32.3 Å². The molecule has 1 fully saturated rings. The van der Waals surface area contributed by atoms with Gasteiger partial charge >= 0.3 is 0 Å². The Labute approximate surface area is 130 Å². The second kappa shape index (κ2) is 6.56. The highest BCUT2D eigenvalue weighted by atomic mass is 32.2. The predicted octanol–water partition coefficient (Wildman–Crippen LogP) is 1.03. The molecule has 0 saturated carbocycles. The van der Waals surface area contributed by atoms with Gasteiger partial charge in [0.1, 0.15) is 0 Å². The molecule has 1 heterocycles. The average molecular weight is 327 g/mol. The van der Waals surface area contributed by atoms with Gasteiger partial charge in [0.2, 0.25) is 0 Å². The second-order valence-electron chi connectivity index (χ2n) is 5.50. The summed E-state index contributed by atoms with van der Waals surface area (Å²) in [7, 11) is 0.144. The van der Waals surface area contributed by atoms with Crippen LogP contribution in [-0.2, 0) is 14.6 Å². The largest absolute Gasteiger partial charge is 0.493 e. The van der Waals surface area contributed by atoms with Crippen molar-refractivity contribution < 1.29 is 22.7 Å². The molecule has 1 amide bonds. The molecule has 2 rings (SSSR count). The van der Waals surface area contributed by atoms with Crippen LogP contribution in [0.25, 0.3) is 0 Å². The van der Waals surface area contributed by atoms with E-state index in [1.165, 1.54) is 4.90 Å². The van der Waals surface area contributed by atoms with E-state index < -0.39 is 9.84 Å². The summed E-state index contributed by atoms with van der Waals surface area (Å²) in [5.41, 5.74) is 1.03. The van der Waals surface area contributed by atoms with Crippen LogP contribution in [0, 0.1) is 6.92 Å². The summed E-state index contributed by atoms with van der Waals surface area (Å²) in [6.45, 7) is 1.79. The van der Waals surface area contributed by atoms with Gasteiger partial charge in [-0.2, -0.15) is 0 Å². The third-order valence-corrected chi connectivity index (χ3v) is 5.57. The first-order valence-electron chi connectivity index (χ1n) is 7.06. The summed E-state index contributed by atoms with van der Waals surface area (Å²) in [5, 5.41) is 0. The molecule has 0 spiro atoms. The van der Waals surface area contributed by atoms with Crippen LogP contribution in [0.5, 0.6) is 11.5 Å². The monoisotopic (exact) mass is 327 g/mol. The van der Waals surface area contributed by atoms with Crippen LogP contribution >= 0.6 is 0 Å². The van der Waals surface area contributed by atoms with Gasteiger partial charge in [0.25, 0.3) is 5.91 Å². The number of sulfone groups is 1. The zero-order valence-electron chi connectivity index (χ0n) is 13.0. The van der Waals surface area contributed by atoms with Gasteiger partial charge in [-0.25, -0.2) is 8.42 Å². The number of methoxy groups -OCH3 is 1. The number of amides is 1. The predicted molar refractivity (Wildman–Crippen MR) is 83.1 cm³/mol. The van der Waals surface area contributed by atoms with Gasteiger partial charge in [0.05, 0.1) is 18.6 Å². The van der Waals surface area contributed by atoms with Crippen LogP contribution in [0.3, 0.4) is 0 Å². The van der Waals surface area contributed by atoms with Crippen molar-refractivity contribution >= 4 is 15.7 Å². The topological polar surface area (TPSA) is 72.9 Å². The molecule has 1 aromatic rings. The van der Waals surface area contributed by atoms with E-state index >= 15 is 0 Å². The molecule has 1 saturated heterocycles. The van der Waals surface area contributed by atoms with Crippen LogP contribution in [0.15, 0.2) is 18.2 Å². The fraction of sp³-hybridized carbons (Fsp3) is 0.533. The van der Waals surface area contributed by atoms with Gasteiger partial charge in [0.15, 0.2) is 27.9 Å². The molecule has 1 aliphatic heterocycles. The Morgan fingerprint density at radius 2 is 2.09 bits per heavy atom. The second-order valence-corrected chi connectivity index (χ2v) is 7.73. The summed E-state index contributed by atoms with van der Waals surface area (Å²) < 4.78 is 33.7. The Kier molecular flexibility index (Phi) is 4.95. The molecule has 0 unspecified atom stereocenters. The SMILES string of the molecule is COc1cc(C)ccc1OCC(=O)N(C)[C@H]1CCS(=O)(=O)C1. The van der Waals surface area contributed by atoms with Crippen LogP contribution in [0.2, 0.25) is 0 Å². The van der Waals surface area contributed by atoms with E-state index in [9.17, 15) is 13.2 Å². The van der Waals surface area contributed by atoms with Gasteiger partial charge in [-0.3, -0.25) is 4.79 Å². The van der Waals surface area contributed by atoms with Crippen LogP contribution < -0.4 is 9.47 Å². The van der Waals surface area contributed by atoms with Crippen molar-refractivity contribution in [3.63, 3.8) is 0 Å². The van der Waals surface area contributed by atoms with E-state index in [4.69, 9.17) is 9.47 Å². The molecule has 1 atom stereocenters. The molecule has 6 nitrogen and oxygen atoms in total. The molecule has 0 N–H and O–H groups in total. The summed E-state index contributed by atoms with van der Waals surface area (Å²) in [6, 6.07) is 5.19. The van der Waals surface area contributed by atoms with Crippen LogP contribution in [0.1, 0.15) is 12.0 Å². The van der Waals surface area contributed by atoms with Crippen molar-refractivity contribution in [1.29, 1.82) is 0 Å². The summed E-state index contributed by atoms with van der Waals surface area (Å²) in [4.78, 5) is 13.6. The quantitative estimate of drug-likeness (QED) is 0.807. The first kappa shape index (κ1) is 16.6. The molecular formula is C15H21NO5S. The summed E-state index contributed by atoms with van der Waals surface area (Å²) >= 11 is 0. The van der Waals surface area contributed by atoms with Crippen LogP contribution in [0.4, 0.5) is 0 Å². The van der Waals surface area contributed by atoms with E-state index in [1.54, 1.807) is 20.2 Å². The maximum Gasteiger partial charge on any atom is 0.260 e. The zero-order valence-corrected chi connectivity index (χ0v) is 13.9. The Balaban J connectivity index is 1.95. The number of hydrogen-bond donors (Lipinski definition) is 0. The summed E-state index contributed by atoms with van der Waals surface area (Å²) in [5.74, 6) is 0.989. The Hall–Kier alpha value is -1.76.